The third-order valence-corrected chi connectivity index (χ3v) is 6.34. The van der Waals surface area contributed by atoms with E-state index in [4.69, 9.17) is 18.6 Å². The van der Waals surface area contributed by atoms with E-state index in [0.29, 0.717) is 54.4 Å². The Hall–Kier alpha value is -3.32. The Kier molecular flexibility index (Phi) is 6.28. The lowest BCUT2D eigenvalue weighted by Crippen LogP contribution is -2.36. The molecule has 2 atom stereocenters. The van der Waals surface area contributed by atoms with Crippen LogP contribution in [0, 0.1) is 0 Å². The van der Waals surface area contributed by atoms with Crippen LogP contribution in [0.4, 0.5) is 0 Å². The number of carbonyl (C=O) groups is 1. The third kappa shape index (κ3) is 3.94. The minimum atomic E-state index is -0.591. The Labute approximate surface area is 198 Å². The van der Waals surface area contributed by atoms with Crippen LogP contribution in [-0.2, 0) is 4.74 Å². The van der Waals surface area contributed by atoms with E-state index in [9.17, 15) is 9.59 Å². The lowest BCUT2D eigenvalue weighted by atomic mass is 9.97. The van der Waals surface area contributed by atoms with E-state index >= 15 is 0 Å². The van der Waals surface area contributed by atoms with Gasteiger partial charge in [-0.3, -0.25) is 9.59 Å². The van der Waals surface area contributed by atoms with Crippen molar-refractivity contribution in [2.24, 2.45) is 0 Å². The zero-order valence-corrected chi connectivity index (χ0v) is 19.5. The van der Waals surface area contributed by atoms with Gasteiger partial charge in [0.05, 0.1) is 36.3 Å². The zero-order chi connectivity index (χ0) is 23.7. The van der Waals surface area contributed by atoms with E-state index in [2.05, 4.69) is 0 Å². The molecule has 3 aromatic rings. The largest absolute Gasteiger partial charge is 0.490 e. The van der Waals surface area contributed by atoms with Gasteiger partial charge in [-0.15, -0.1) is 0 Å². The van der Waals surface area contributed by atoms with E-state index in [0.717, 1.165) is 24.8 Å². The molecule has 2 unspecified atom stereocenters. The Morgan fingerprint density at radius 1 is 1.06 bits per heavy atom. The molecule has 3 heterocycles. The van der Waals surface area contributed by atoms with Crippen molar-refractivity contribution in [1.82, 2.24) is 4.90 Å². The van der Waals surface area contributed by atoms with Gasteiger partial charge in [-0.25, -0.2) is 0 Å². The number of para-hydroxylation sites is 1. The highest BCUT2D eigenvalue weighted by molar-refractivity contribution is 5.99. The van der Waals surface area contributed by atoms with Gasteiger partial charge >= 0.3 is 0 Å². The van der Waals surface area contributed by atoms with Gasteiger partial charge in [0.2, 0.25) is 5.76 Å². The fourth-order valence-electron chi connectivity index (χ4n) is 4.80. The van der Waals surface area contributed by atoms with Crippen LogP contribution in [0.2, 0.25) is 0 Å². The van der Waals surface area contributed by atoms with E-state index in [1.165, 1.54) is 0 Å². The number of carbonyl (C=O) groups excluding carboxylic acids is 1. The SMILES string of the molecule is CCCOc1ccc(C2c3c(oc4ccccc4c3=O)C(=O)N2CC2CCCO2)cc1OCC. The molecule has 2 aliphatic rings. The highest BCUT2D eigenvalue weighted by atomic mass is 16.5. The first kappa shape index (κ1) is 22.5. The summed E-state index contributed by atoms with van der Waals surface area (Å²) >= 11 is 0. The molecule has 1 saturated heterocycles. The molecule has 1 aromatic heterocycles. The lowest BCUT2D eigenvalue weighted by molar-refractivity contribution is 0.0486. The Balaban J connectivity index is 1.65. The van der Waals surface area contributed by atoms with Crippen LogP contribution in [0.1, 0.15) is 60.8 Å². The molecule has 5 rings (SSSR count). The average molecular weight is 464 g/mol. The molecular formula is C27H29NO6. The molecule has 2 aliphatic heterocycles. The van der Waals surface area contributed by atoms with Crippen LogP contribution in [0.25, 0.3) is 11.0 Å². The number of amides is 1. The second kappa shape index (κ2) is 9.50. The van der Waals surface area contributed by atoms with Crippen molar-refractivity contribution in [3.63, 3.8) is 0 Å². The standard InChI is InChI=1S/C27H29NO6/c1-3-13-33-21-12-11-17(15-22(21)31-4-2)24-23-25(29)19-9-5-6-10-20(19)34-26(23)27(30)28(24)16-18-8-7-14-32-18/h5-6,9-12,15,18,24H,3-4,7-8,13-14,16H2,1-2H3. The molecular weight excluding hydrogens is 434 g/mol. The van der Waals surface area contributed by atoms with Crippen molar-refractivity contribution in [2.45, 2.75) is 45.3 Å². The van der Waals surface area contributed by atoms with E-state index in [1.807, 2.05) is 32.0 Å². The van der Waals surface area contributed by atoms with Crippen molar-refractivity contribution < 1.29 is 23.4 Å². The highest BCUT2D eigenvalue weighted by Crippen LogP contribution is 2.41. The first-order valence-electron chi connectivity index (χ1n) is 12.0. The van der Waals surface area contributed by atoms with Gasteiger partial charge in [-0.1, -0.05) is 25.1 Å². The van der Waals surface area contributed by atoms with Crippen LogP contribution in [0.5, 0.6) is 11.5 Å². The van der Waals surface area contributed by atoms with Gasteiger partial charge in [0.15, 0.2) is 16.9 Å². The number of nitrogens with zero attached hydrogens (tertiary/aromatic N) is 1. The summed E-state index contributed by atoms with van der Waals surface area (Å²) in [5, 5.41) is 0.464. The third-order valence-electron chi connectivity index (χ3n) is 6.34. The molecule has 1 fully saturated rings. The molecule has 7 nitrogen and oxygen atoms in total. The summed E-state index contributed by atoms with van der Waals surface area (Å²) in [7, 11) is 0. The smallest absolute Gasteiger partial charge is 0.291 e. The Morgan fingerprint density at radius 3 is 2.68 bits per heavy atom. The van der Waals surface area contributed by atoms with Gasteiger partial charge in [-0.2, -0.15) is 0 Å². The summed E-state index contributed by atoms with van der Waals surface area (Å²) in [5.41, 5.74) is 1.37. The summed E-state index contributed by atoms with van der Waals surface area (Å²) < 4.78 is 23.6. The fourth-order valence-corrected chi connectivity index (χ4v) is 4.80. The number of fused-ring (bicyclic) bond motifs is 2. The van der Waals surface area contributed by atoms with E-state index in [-0.39, 0.29) is 23.2 Å². The number of ether oxygens (including phenoxy) is 3. The van der Waals surface area contributed by atoms with E-state index in [1.54, 1.807) is 29.2 Å². The molecule has 0 N–H and O–H groups in total. The first-order valence-corrected chi connectivity index (χ1v) is 12.0. The van der Waals surface area contributed by atoms with Crippen LogP contribution >= 0.6 is 0 Å². The second-order valence-electron chi connectivity index (χ2n) is 8.65. The predicted molar refractivity (Wildman–Crippen MR) is 128 cm³/mol. The van der Waals surface area contributed by atoms with Crippen LogP contribution in [0.3, 0.4) is 0 Å². The number of hydrogen-bond acceptors (Lipinski definition) is 6. The summed E-state index contributed by atoms with van der Waals surface area (Å²) in [6.45, 7) is 6.08. The number of rotatable bonds is 8. The summed E-state index contributed by atoms with van der Waals surface area (Å²) in [4.78, 5) is 28.9. The van der Waals surface area contributed by atoms with Gasteiger partial charge in [-0.05, 0) is 56.0 Å². The lowest BCUT2D eigenvalue weighted by Gasteiger charge is -2.28. The minimum absolute atomic E-state index is 0.0659. The van der Waals surface area contributed by atoms with Gasteiger partial charge in [0.1, 0.15) is 5.58 Å². The maximum absolute atomic E-state index is 13.6. The van der Waals surface area contributed by atoms with Crippen LogP contribution in [-0.4, -0.2) is 43.3 Å². The fraction of sp³-hybridized carbons (Fsp3) is 0.407. The Morgan fingerprint density at radius 2 is 1.91 bits per heavy atom. The molecule has 7 heteroatoms. The van der Waals surface area contributed by atoms with Crippen molar-refractivity contribution in [1.29, 1.82) is 0 Å². The van der Waals surface area contributed by atoms with Crippen LogP contribution in [0.15, 0.2) is 51.7 Å². The molecule has 178 valence electrons. The number of benzene rings is 2. The summed E-state index contributed by atoms with van der Waals surface area (Å²) in [6, 6.07) is 12.1. The second-order valence-corrected chi connectivity index (χ2v) is 8.65. The monoisotopic (exact) mass is 463 g/mol. The maximum Gasteiger partial charge on any atom is 0.291 e. The average Bonchev–Trinajstić information content (AvgIpc) is 3.46. The number of hydrogen-bond donors (Lipinski definition) is 0. The van der Waals surface area contributed by atoms with Gasteiger partial charge in [0.25, 0.3) is 5.91 Å². The van der Waals surface area contributed by atoms with Gasteiger partial charge < -0.3 is 23.5 Å². The summed E-state index contributed by atoms with van der Waals surface area (Å²) in [5.74, 6) is 1.06. The van der Waals surface area contributed by atoms with Crippen LogP contribution < -0.4 is 14.9 Å². The van der Waals surface area contributed by atoms with Crippen molar-refractivity contribution >= 4 is 16.9 Å². The van der Waals surface area contributed by atoms with Crippen molar-refractivity contribution in [2.75, 3.05) is 26.4 Å². The predicted octanol–water partition coefficient (Wildman–Crippen LogP) is 4.70. The molecule has 34 heavy (non-hydrogen) atoms. The van der Waals surface area contributed by atoms with Gasteiger partial charge in [0, 0.05) is 13.2 Å². The Bertz CT molecular complexity index is 1260. The van der Waals surface area contributed by atoms with Crippen molar-refractivity contribution in [3.05, 3.63) is 69.6 Å². The molecule has 0 saturated carbocycles. The first-order chi connectivity index (χ1) is 16.6. The highest BCUT2D eigenvalue weighted by Gasteiger charge is 2.44. The molecule has 0 aliphatic carbocycles. The molecule has 0 bridgehead atoms. The topological polar surface area (TPSA) is 78.2 Å². The normalized spacial score (nSPS) is 19.6. The molecule has 0 spiro atoms. The minimum Gasteiger partial charge on any atom is -0.490 e. The molecule has 2 aromatic carbocycles. The quantitative estimate of drug-likeness (QED) is 0.482. The zero-order valence-electron chi connectivity index (χ0n) is 19.5. The molecule has 0 radical (unpaired) electrons. The summed E-state index contributed by atoms with van der Waals surface area (Å²) in [6.07, 6.45) is 2.65. The molecule has 1 amide bonds. The maximum atomic E-state index is 13.6. The van der Waals surface area contributed by atoms with E-state index < -0.39 is 6.04 Å². The van der Waals surface area contributed by atoms with Crippen molar-refractivity contribution in [3.8, 4) is 11.5 Å².